The van der Waals surface area contributed by atoms with Gasteiger partial charge < -0.3 is 14.6 Å². The molecule has 0 bridgehead atoms. The van der Waals surface area contributed by atoms with Crippen molar-refractivity contribution in [1.82, 2.24) is 15.2 Å². The molecule has 2 aromatic carbocycles. The van der Waals surface area contributed by atoms with E-state index in [0.717, 1.165) is 33.4 Å². The molecule has 32 heavy (non-hydrogen) atoms. The molecule has 1 N–H and O–H groups in total. The monoisotopic (exact) mass is 459 g/mol. The zero-order valence-corrected chi connectivity index (χ0v) is 19.1. The zero-order chi connectivity index (χ0) is 22.1. The lowest BCUT2D eigenvalue weighted by molar-refractivity contribution is 0.269. The molecular weight excluding hydrogens is 438 g/mol. The van der Waals surface area contributed by atoms with E-state index in [1.54, 1.807) is 6.20 Å². The van der Waals surface area contributed by atoms with Crippen molar-refractivity contribution >= 4 is 28.9 Å². The molecule has 0 spiro atoms. The van der Waals surface area contributed by atoms with Crippen LogP contribution in [-0.4, -0.2) is 15.0 Å². The van der Waals surface area contributed by atoms with Crippen LogP contribution in [0.15, 0.2) is 89.5 Å². The normalized spacial score (nSPS) is 18.1. The maximum absolute atomic E-state index is 6.43. The SMILES string of the molecule is Cc1c(Cl)cccc1-c1ccc([C@H]2[C@@H](c3ccccn3)NC(=S)N2Cc2ccccc2)o1. The van der Waals surface area contributed by atoms with Crippen molar-refractivity contribution in [3.63, 3.8) is 0 Å². The Bertz CT molecular complexity index is 1240. The molecule has 2 aromatic heterocycles. The van der Waals surface area contributed by atoms with E-state index in [1.165, 1.54) is 5.56 Å². The second kappa shape index (κ2) is 8.77. The van der Waals surface area contributed by atoms with Crippen LogP contribution >= 0.6 is 23.8 Å². The van der Waals surface area contributed by atoms with Crippen LogP contribution in [0.3, 0.4) is 0 Å². The van der Waals surface area contributed by atoms with E-state index in [0.29, 0.717) is 11.7 Å². The summed E-state index contributed by atoms with van der Waals surface area (Å²) in [7, 11) is 0. The fourth-order valence-electron chi connectivity index (χ4n) is 4.20. The molecule has 0 radical (unpaired) electrons. The Morgan fingerprint density at radius 3 is 2.59 bits per heavy atom. The van der Waals surface area contributed by atoms with E-state index >= 15 is 0 Å². The molecule has 4 nitrogen and oxygen atoms in total. The third-order valence-corrected chi connectivity index (χ3v) is 6.61. The first-order chi connectivity index (χ1) is 15.6. The molecule has 5 rings (SSSR count). The lowest BCUT2D eigenvalue weighted by atomic mass is 10.0. The fourth-order valence-corrected chi connectivity index (χ4v) is 4.68. The summed E-state index contributed by atoms with van der Waals surface area (Å²) in [4.78, 5) is 6.77. The van der Waals surface area contributed by atoms with Gasteiger partial charge in [-0.15, -0.1) is 0 Å². The van der Waals surface area contributed by atoms with Crippen LogP contribution < -0.4 is 5.32 Å². The van der Waals surface area contributed by atoms with Crippen LogP contribution in [0.25, 0.3) is 11.3 Å². The quantitative estimate of drug-likeness (QED) is 0.346. The van der Waals surface area contributed by atoms with Crippen LogP contribution in [-0.2, 0) is 6.54 Å². The summed E-state index contributed by atoms with van der Waals surface area (Å²) in [5.74, 6) is 1.62. The molecule has 0 saturated carbocycles. The minimum absolute atomic E-state index is 0.119. The van der Waals surface area contributed by atoms with Gasteiger partial charge in [-0.25, -0.2) is 0 Å². The van der Waals surface area contributed by atoms with Crippen LogP contribution in [0.5, 0.6) is 0 Å². The molecule has 1 fully saturated rings. The number of benzene rings is 2. The molecule has 3 heterocycles. The van der Waals surface area contributed by atoms with E-state index < -0.39 is 0 Å². The Morgan fingerprint density at radius 1 is 1.00 bits per heavy atom. The first-order valence-corrected chi connectivity index (χ1v) is 11.3. The van der Waals surface area contributed by atoms with Crippen LogP contribution in [0.2, 0.25) is 5.02 Å². The van der Waals surface area contributed by atoms with Crippen molar-refractivity contribution in [3.8, 4) is 11.3 Å². The molecule has 0 aliphatic carbocycles. The first kappa shape index (κ1) is 20.7. The van der Waals surface area contributed by atoms with Crippen molar-refractivity contribution in [1.29, 1.82) is 0 Å². The summed E-state index contributed by atoms with van der Waals surface area (Å²) in [5.41, 5.74) is 4.09. The number of aromatic nitrogens is 1. The molecule has 160 valence electrons. The van der Waals surface area contributed by atoms with Gasteiger partial charge in [-0.05, 0) is 60.6 Å². The molecule has 0 unspecified atom stereocenters. The van der Waals surface area contributed by atoms with Gasteiger partial charge in [0.25, 0.3) is 0 Å². The second-order valence-electron chi connectivity index (χ2n) is 7.85. The Labute approximate surface area is 197 Å². The molecule has 1 aliphatic heterocycles. The second-order valence-corrected chi connectivity index (χ2v) is 8.65. The summed E-state index contributed by atoms with van der Waals surface area (Å²) in [6, 6.07) is 25.9. The summed E-state index contributed by atoms with van der Waals surface area (Å²) in [6.45, 7) is 2.68. The molecule has 4 aromatic rings. The molecule has 1 saturated heterocycles. The third kappa shape index (κ3) is 3.90. The number of hydrogen-bond donors (Lipinski definition) is 1. The smallest absolute Gasteiger partial charge is 0.170 e. The molecule has 6 heteroatoms. The van der Waals surface area contributed by atoms with Gasteiger partial charge in [-0.2, -0.15) is 0 Å². The highest BCUT2D eigenvalue weighted by Crippen LogP contribution is 2.41. The molecule has 0 amide bonds. The van der Waals surface area contributed by atoms with Gasteiger partial charge in [0.2, 0.25) is 0 Å². The minimum Gasteiger partial charge on any atom is -0.459 e. The number of furan rings is 1. The van der Waals surface area contributed by atoms with Crippen LogP contribution in [0.4, 0.5) is 0 Å². The van der Waals surface area contributed by atoms with Gasteiger partial charge in [0.05, 0.1) is 11.7 Å². The van der Waals surface area contributed by atoms with E-state index in [2.05, 4.69) is 27.3 Å². The lowest BCUT2D eigenvalue weighted by Gasteiger charge is -2.26. The number of nitrogens with one attached hydrogen (secondary N) is 1. The van der Waals surface area contributed by atoms with Crippen LogP contribution in [0.1, 0.15) is 34.7 Å². The maximum atomic E-state index is 6.43. The fraction of sp³-hybridized carbons (Fsp3) is 0.154. The lowest BCUT2D eigenvalue weighted by Crippen LogP contribution is -2.29. The third-order valence-electron chi connectivity index (χ3n) is 5.84. The van der Waals surface area contributed by atoms with Crippen molar-refractivity contribution in [2.45, 2.75) is 25.6 Å². The number of nitrogens with zero attached hydrogens (tertiary/aromatic N) is 2. The Kier molecular flexibility index (Phi) is 5.68. The topological polar surface area (TPSA) is 41.3 Å². The predicted molar refractivity (Wildman–Crippen MR) is 131 cm³/mol. The molecule has 2 atom stereocenters. The highest BCUT2D eigenvalue weighted by Gasteiger charge is 2.41. The first-order valence-electron chi connectivity index (χ1n) is 10.5. The van der Waals surface area contributed by atoms with Crippen molar-refractivity contribution in [2.75, 3.05) is 0 Å². The maximum Gasteiger partial charge on any atom is 0.170 e. The number of thiocarbonyl (C=S) groups is 1. The Balaban J connectivity index is 1.56. The number of rotatable bonds is 5. The summed E-state index contributed by atoms with van der Waals surface area (Å²) in [6.07, 6.45) is 1.81. The van der Waals surface area contributed by atoms with Gasteiger partial charge in [0.1, 0.15) is 17.6 Å². The average molecular weight is 460 g/mol. The summed E-state index contributed by atoms with van der Waals surface area (Å²) < 4.78 is 6.43. The molecular formula is C26H22ClN3OS. The minimum atomic E-state index is -0.133. The van der Waals surface area contributed by atoms with E-state index in [-0.39, 0.29) is 12.1 Å². The molecule has 1 aliphatic rings. The number of halogens is 1. The zero-order valence-electron chi connectivity index (χ0n) is 17.5. The van der Waals surface area contributed by atoms with Crippen molar-refractivity contribution in [2.24, 2.45) is 0 Å². The van der Waals surface area contributed by atoms with E-state index in [4.69, 9.17) is 28.2 Å². The average Bonchev–Trinajstić information content (AvgIpc) is 3.42. The highest BCUT2D eigenvalue weighted by molar-refractivity contribution is 7.80. The van der Waals surface area contributed by atoms with Gasteiger partial charge in [-0.3, -0.25) is 4.98 Å². The number of pyridine rings is 1. The summed E-state index contributed by atoms with van der Waals surface area (Å²) >= 11 is 12.1. The standard InChI is InChI=1S/C26H22ClN3OS/c1-17-19(10-7-11-20(17)27)22-13-14-23(31-22)25-24(21-12-5-6-15-28-21)29-26(32)30(25)16-18-8-3-2-4-9-18/h2-15,24-25H,16H2,1H3,(H,29,32)/t24-,25+/m1/s1. The predicted octanol–water partition coefficient (Wildman–Crippen LogP) is 6.48. The summed E-state index contributed by atoms with van der Waals surface area (Å²) in [5, 5.41) is 4.88. The van der Waals surface area contributed by atoms with Gasteiger partial charge in [-0.1, -0.05) is 60.1 Å². The Hall–Kier alpha value is -3.15. The van der Waals surface area contributed by atoms with Crippen molar-refractivity contribution in [3.05, 3.63) is 113 Å². The number of hydrogen-bond acceptors (Lipinski definition) is 3. The largest absolute Gasteiger partial charge is 0.459 e. The van der Waals surface area contributed by atoms with E-state index in [9.17, 15) is 0 Å². The van der Waals surface area contributed by atoms with Gasteiger partial charge >= 0.3 is 0 Å². The van der Waals surface area contributed by atoms with Crippen molar-refractivity contribution < 1.29 is 4.42 Å². The van der Waals surface area contributed by atoms with Crippen LogP contribution in [0, 0.1) is 6.92 Å². The van der Waals surface area contributed by atoms with Gasteiger partial charge in [0.15, 0.2) is 5.11 Å². The van der Waals surface area contributed by atoms with Gasteiger partial charge in [0, 0.05) is 23.3 Å². The Morgan fingerprint density at radius 2 is 1.81 bits per heavy atom. The van der Waals surface area contributed by atoms with E-state index in [1.807, 2.05) is 73.7 Å². The highest BCUT2D eigenvalue weighted by atomic mass is 35.5.